The van der Waals surface area contributed by atoms with Gasteiger partial charge in [-0.15, -0.1) is 28.1 Å². The number of aromatic nitrogens is 3. The Labute approximate surface area is 236 Å². The molecule has 1 N–H and O–H groups in total. The van der Waals surface area contributed by atoms with Crippen LogP contribution >= 0.6 is 23.1 Å². The van der Waals surface area contributed by atoms with E-state index in [2.05, 4.69) is 22.1 Å². The molecule has 0 aliphatic rings. The molecule has 0 aliphatic heterocycles. The van der Waals surface area contributed by atoms with Crippen LogP contribution in [0.15, 0.2) is 65.7 Å². The number of nitrogens with one attached hydrogen (secondary N) is 1. The van der Waals surface area contributed by atoms with E-state index < -0.39 is 5.97 Å². The molecular weight excluding hydrogens is 532 g/mol. The molecule has 0 aliphatic carbocycles. The summed E-state index contributed by atoms with van der Waals surface area (Å²) >= 11 is 2.54. The van der Waals surface area contributed by atoms with Crippen molar-refractivity contribution < 1.29 is 19.1 Å². The van der Waals surface area contributed by atoms with Crippen LogP contribution in [0.4, 0.5) is 5.00 Å². The van der Waals surface area contributed by atoms with E-state index >= 15 is 0 Å². The van der Waals surface area contributed by atoms with E-state index in [1.807, 2.05) is 73.2 Å². The van der Waals surface area contributed by atoms with Gasteiger partial charge in [0.25, 0.3) is 0 Å². The van der Waals surface area contributed by atoms with Gasteiger partial charge in [0, 0.05) is 17.5 Å². The maximum absolute atomic E-state index is 12.9. The number of thioether (sulfide) groups is 1. The lowest BCUT2D eigenvalue weighted by molar-refractivity contribution is -0.113. The van der Waals surface area contributed by atoms with Crippen LogP contribution in [0.25, 0.3) is 11.1 Å². The lowest BCUT2D eigenvalue weighted by Crippen LogP contribution is -2.16. The largest absolute Gasteiger partial charge is 0.485 e. The van der Waals surface area contributed by atoms with E-state index in [9.17, 15) is 9.59 Å². The second-order valence-corrected chi connectivity index (χ2v) is 10.7. The Kier molecular flexibility index (Phi) is 9.21. The number of hydrogen-bond acceptors (Lipinski definition) is 8. The molecule has 0 unspecified atom stereocenters. The van der Waals surface area contributed by atoms with Crippen LogP contribution in [0.1, 0.15) is 32.9 Å². The van der Waals surface area contributed by atoms with E-state index in [-0.39, 0.29) is 18.3 Å². The highest BCUT2D eigenvalue weighted by Crippen LogP contribution is 2.36. The fourth-order valence-electron chi connectivity index (χ4n) is 3.84. The van der Waals surface area contributed by atoms with Gasteiger partial charge >= 0.3 is 5.97 Å². The summed E-state index contributed by atoms with van der Waals surface area (Å²) in [5, 5.41) is 14.3. The molecule has 2 aromatic carbocycles. The van der Waals surface area contributed by atoms with Crippen LogP contribution in [0.3, 0.4) is 0 Å². The Bertz CT molecular complexity index is 1490. The number of aryl methyl sites for hydroxylation is 3. The van der Waals surface area contributed by atoms with Crippen molar-refractivity contribution in [2.24, 2.45) is 0 Å². The first kappa shape index (κ1) is 28.1. The highest BCUT2D eigenvalue weighted by Gasteiger charge is 2.23. The molecule has 0 atom stereocenters. The molecule has 0 bridgehead atoms. The number of esters is 1. The molecule has 0 spiro atoms. The van der Waals surface area contributed by atoms with Crippen molar-refractivity contribution in [1.82, 2.24) is 14.8 Å². The van der Waals surface area contributed by atoms with Crippen LogP contribution < -0.4 is 10.1 Å². The van der Waals surface area contributed by atoms with Gasteiger partial charge in [-0.25, -0.2) is 4.79 Å². The molecular formula is C29H30N4O4S2. The van der Waals surface area contributed by atoms with Crippen LogP contribution in [-0.4, -0.2) is 39.5 Å². The summed E-state index contributed by atoms with van der Waals surface area (Å²) in [6.07, 6.45) is 1.75. The third-order valence-corrected chi connectivity index (χ3v) is 7.80. The van der Waals surface area contributed by atoms with Crippen molar-refractivity contribution in [1.29, 1.82) is 0 Å². The maximum atomic E-state index is 12.9. The van der Waals surface area contributed by atoms with Gasteiger partial charge in [-0.05, 0) is 43.5 Å². The third-order valence-electron chi connectivity index (χ3n) is 5.93. The zero-order chi connectivity index (χ0) is 27.9. The summed E-state index contributed by atoms with van der Waals surface area (Å²) in [6.45, 7) is 10.5. The number of carbonyl (C=O) groups is 2. The van der Waals surface area contributed by atoms with E-state index in [0.29, 0.717) is 33.7 Å². The van der Waals surface area contributed by atoms with Crippen LogP contribution in [0, 0.1) is 20.8 Å². The molecule has 4 rings (SSSR count). The van der Waals surface area contributed by atoms with Gasteiger partial charge in [-0.2, -0.15) is 0 Å². The Balaban J connectivity index is 1.45. The molecule has 4 aromatic rings. The molecule has 2 heterocycles. The van der Waals surface area contributed by atoms with Gasteiger partial charge in [0.1, 0.15) is 22.9 Å². The Hall–Kier alpha value is -3.89. The first-order valence-electron chi connectivity index (χ1n) is 12.2. The minimum atomic E-state index is -0.506. The molecule has 1 amide bonds. The fraction of sp³-hybridized carbons (Fsp3) is 0.241. The maximum Gasteiger partial charge on any atom is 0.341 e. The quantitative estimate of drug-likeness (QED) is 0.132. The Morgan fingerprint density at radius 3 is 2.56 bits per heavy atom. The predicted molar refractivity (Wildman–Crippen MR) is 156 cm³/mol. The van der Waals surface area contributed by atoms with Gasteiger partial charge in [-0.3, -0.25) is 9.36 Å². The molecule has 0 radical (unpaired) electrons. The van der Waals surface area contributed by atoms with Crippen molar-refractivity contribution in [3.8, 4) is 16.9 Å². The number of rotatable bonds is 11. The van der Waals surface area contributed by atoms with E-state index in [4.69, 9.17) is 9.47 Å². The summed E-state index contributed by atoms with van der Waals surface area (Å²) in [5.41, 5.74) is 5.19. The van der Waals surface area contributed by atoms with E-state index in [0.717, 1.165) is 28.0 Å². The monoisotopic (exact) mass is 562 g/mol. The van der Waals surface area contributed by atoms with Gasteiger partial charge in [0.2, 0.25) is 5.91 Å². The third kappa shape index (κ3) is 6.76. The van der Waals surface area contributed by atoms with Gasteiger partial charge in [-0.1, -0.05) is 59.8 Å². The summed E-state index contributed by atoms with van der Waals surface area (Å²) in [6, 6.07) is 13.9. The zero-order valence-electron chi connectivity index (χ0n) is 22.3. The topological polar surface area (TPSA) is 95.3 Å². The molecule has 8 nitrogen and oxygen atoms in total. The standard InChI is InChI=1S/C29H30N4O4S2/c1-6-13-33-24(15-37-23-14-19(3)7-10-20(23)4)31-32-29(33)39-17-25(34)30-27-26(28(35)36-5)22(16-38-27)21-11-8-18(2)9-12-21/h6-12,14,16H,1,13,15,17H2,2-5H3,(H,30,34). The van der Waals surface area contributed by atoms with Crippen molar-refractivity contribution in [2.45, 2.75) is 39.1 Å². The normalized spacial score (nSPS) is 10.8. The number of hydrogen-bond donors (Lipinski definition) is 1. The Morgan fingerprint density at radius 2 is 1.85 bits per heavy atom. The molecule has 2 aromatic heterocycles. The van der Waals surface area contributed by atoms with Crippen molar-refractivity contribution in [3.63, 3.8) is 0 Å². The lowest BCUT2D eigenvalue weighted by Gasteiger charge is -2.11. The van der Waals surface area contributed by atoms with Gasteiger partial charge in [0.05, 0.1) is 12.9 Å². The van der Waals surface area contributed by atoms with Crippen LogP contribution in [0.2, 0.25) is 0 Å². The van der Waals surface area contributed by atoms with Crippen molar-refractivity contribution in [3.05, 3.63) is 88.6 Å². The summed E-state index contributed by atoms with van der Waals surface area (Å²) in [4.78, 5) is 25.5. The van der Waals surface area contributed by atoms with Gasteiger partial charge < -0.3 is 14.8 Å². The first-order chi connectivity index (χ1) is 18.8. The molecule has 202 valence electrons. The van der Waals surface area contributed by atoms with Crippen molar-refractivity contribution in [2.75, 3.05) is 18.2 Å². The molecule has 0 saturated heterocycles. The number of benzene rings is 2. The summed E-state index contributed by atoms with van der Waals surface area (Å²) < 4.78 is 12.9. The fourth-order valence-corrected chi connectivity index (χ4v) is 5.58. The SMILES string of the molecule is C=CCn1c(COc2cc(C)ccc2C)nnc1SCC(=O)Nc1scc(-c2ccc(C)cc2)c1C(=O)OC. The average Bonchev–Trinajstić information content (AvgIpc) is 3.52. The number of carbonyl (C=O) groups excluding carboxylic acids is 2. The highest BCUT2D eigenvalue weighted by atomic mass is 32.2. The van der Waals surface area contributed by atoms with Crippen molar-refractivity contribution >= 4 is 40.0 Å². The minimum absolute atomic E-state index is 0.0749. The molecule has 39 heavy (non-hydrogen) atoms. The number of ether oxygens (including phenoxy) is 2. The minimum Gasteiger partial charge on any atom is -0.485 e. The number of allylic oxidation sites excluding steroid dienone is 1. The second kappa shape index (κ2) is 12.8. The summed E-state index contributed by atoms with van der Waals surface area (Å²) in [5.74, 6) is 0.718. The molecule has 10 heteroatoms. The average molecular weight is 563 g/mol. The van der Waals surface area contributed by atoms with E-state index in [1.165, 1.54) is 30.2 Å². The molecule has 0 fully saturated rings. The van der Waals surface area contributed by atoms with Crippen LogP contribution in [0.5, 0.6) is 5.75 Å². The first-order valence-corrected chi connectivity index (χ1v) is 14.1. The van der Waals surface area contributed by atoms with Gasteiger partial charge in [0.15, 0.2) is 11.0 Å². The van der Waals surface area contributed by atoms with Crippen LogP contribution in [-0.2, 0) is 22.7 Å². The Morgan fingerprint density at radius 1 is 1.10 bits per heavy atom. The molecule has 0 saturated carbocycles. The smallest absolute Gasteiger partial charge is 0.341 e. The van der Waals surface area contributed by atoms with E-state index in [1.54, 1.807) is 6.08 Å². The predicted octanol–water partition coefficient (Wildman–Crippen LogP) is 6.21. The number of thiophene rings is 1. The number of methoxy groups -OCH3 is 1. The highest BCUT2D eigenvalue weighted by molar-refractivity contribution is 7.99. The lowest BCUT2D eigenvalue weighted by atomic mass is 10.0. The number of amides is 1. The second-order valence-electron chi connectivity index (χ2n) is 8.90. The zero-order valence-corrected chi connectivity index (χ0v) is 23.9. The number of anilines is 1. The number of nitrogens with zero attached hydrogens (tertiary/aromatic N) is 3. The summed E-state index contributed by atoms with van der Waals surface area (Å²) in [7, 11) is 1.33.